The molecule has 31 heavy (non-hydrogen) atoms. The Kier molecular flexibility index (Phi) is 4.92. The minimum Gasteiger partial charge on any atom is -0.496 e. The maximum absolute atomic E-state index is 6.22. The van der Waals surface area contributed by atoms with E-state index in [1.807, 2.05) is 30.6 Å². The summed E-state index contributed by atoms with van der Waals surface area (Å²) in [7, 11) is 1.69. The van der Waals surface area contributed by atoms with E-state index in [4.69, 9.17) is 10.5 Å². The number of nitrogens with zero attached hydrogens (tertiary/aromatic N) is 2. The summed E-state index contributed by atoms with van der Waals surface area (Å²) in [4.78, 5) is 15.4. The van der Waals surface area contributed by atoms with E-state index in [1.54, 1.807) is 13.3 Å². The summed E-state index contributed by atoms with van der Waals surface area (Å²) >= 11 is 0. The van der Waals surface area contributed by atoms with Gasteiger partial charge in [-0.25, -0.2) is 4.98 Å². The number of aromatic amines is 2. The third-order valence-corrected chi connectivity index (χ3v) is 5.56. The first-order valence-corrected chi connectivity index (χ1v) is 10.3. The Bertz CT molecular complexity index is 1350. The molecule has 0 amide bonds. The lowest BCUT2D eigenvalue weighted by atomic mass is 10.1. The molecule has 0 saturated heterocycles. The summed E-state index contributed by atoms with van der Waals surface area (Å²) < 4.78 is 5.50. The van der Waals surface area contributed by atoms with Gasteiger partial charge in [-0.2, -0.15) is 4.98 Å². The first kappa shape index (κ1) is 19.0. The van der Waals surface area contributed by atoms with Crippen LogP contribution in [0.5, 0.6) is 5.75 Å². The molecule has 0 saturated carbocycles. The van der Waals surface area contributed by atoms with Crippen molar-refractivity contribution in [1.29, 1.82) is 0 Å². The largest absolute Gasteiger partial charge is 0.496 e. The molecular formula is C24H24N6O. The number of nitrogens with one attached hydrogen (secondary N) is 3. The molecule has 0 atom stereocenters. The van der Waals surface area contributed by atoms with Gasteiger partial charge in [-0.15, -0.1) is 0 Å². The van der Waals surface area contributed by atoms with Crippen LogP contribution in [0.3, 0.4) is 0 Å². The molecule has 7 heteroatoms. The van der Waals surface area contributed by atoms with Gasteiger partial charge in [0.1, 0.15) is 11.6 Å². The number of methoxy groups -OCH3 is 1. The Hall–Kier alpha value is -4.00. The van der Waals surface area contributed by atoms with Gasteiger partial charge in [-0.05, 0) is 53.3 Å². The molecule has 0 aliphatic carbocycles. The fraction of sp³-hybridized carbons (Fsp3) is 0.167. The smallest absolute Gasteiger partial charge is 0.224 e. The van der Waals surface area contributed by atoms with E-state index in [1.165, 1.54) is 16.5 Å². The van der Waals surface area contributed by atoms with Gasteiger partial charge in [0, 0.05) is 53.5 Å². The highest BCUT2D eigenvalue weighted by molar-refractivity contribution is 5.89. The molecule has 3 aromatic heterocycles. The third-order valence-electron chi connectivity index (χ3n) is 5.56. The van der Waals surface area contributed by atoms with E-state index in [-0.39, 0.29) is 0 Å². The molecule has 0 bridgehead atoms. The SMILES string of the molecule is COc1cccc2[nH]cc(CCNc3ncc(Cc4ccc5[nH]ccc5c4)c(N)n3)c12. The van der Waals surface area contributed by atoms with Crippen LogP contribution < -0.4 is 15.8 Å². The van der Waals surface area contributed by atoms with Crippen molar-refractivity contribution in [2.24, 2.45) is 0 Å². The van der Waals surface area contributed by atoms with E-state index in [0.717, 1.165) is 34.2 Å². The highest BCUT2D eigenvalue weighted by atomic mass is 16.5. The van der Waals surface area contributed by atoms with E-state index >= 15 is 0 Å². The van der Waals surface area contributed by atoms with Crippen molar-refractivity contribution < 1.29 is 4.74 Å². The number of anilines is 2. The normalized spacial score (nSPS) is 11.3. The van der Waals surface area contributed by atoms with Crippen molar-refractivity contribution in [2.45, 2.75) is 12.8 Å². The standard InChI is InChI=1S/C24H24N6O/c1-31-21-4-2-3-20-22(21)17(13-28-20)8-10-27-24-29-14-18(23(25)30-24)12-15-5-6-19-16(11-15)7-9-26-19/h2-7,9,11,13-14,26,28H,8,10,12H2,1H3,(H3,25,27,29,30). The fourth-order valence-electron chi connectivity index (χ4n) is 3.97. The Balaban J connectivity index is 1.25. The maximum Gasteiger partial charge on any atom is 0.224 e. The summed E-state index contributed by atoms with van der Waals surface area (Å²) in [6.45, 7) is 0.688. The number of hydrogen-bond donors (Lipinski definition) is 4. The predicted octanol–water partition coefficient (Wildman–Crippen LogP) is 4.28. The average Bonchev–Trinajstić information content (AvgIpc) is 3.42. The zero-order valence-corrected chi connectivity index (χ0v) is 17.3. The third kappa shape index (κ3) is 3.77. The molecule has 5 rings (SSSR count). The van der Waals surface area contributed by atoms with Gasteiger partial charge in [0.15, 0.2) is 0 Å². The van der Waals surface area contributed by atoms with E-state index in [0.29, 0.717) is 24.7 Å². The number of benzene rings is 2. The van der Waals surface area contributed by atoms with Crippen molar-refractivity contribution in [3.8, 4) is 5.75 Å². The maximum atomic E-state index is 6.22. The fourth-order valence-corrected chi connectivity index (χ4v) is 3.97. The molecule has 2 aromatic carbocycles. The van der Waals surface area contributed by atoms with Crippen LogP contribution in [0.15, 0.2) is 61.1 Å². The number of H-pyrrole nitrogens is 2. The van der Waals surface area contributed by atoms with E-state index < -0.39 is 0 Å². The molecule has 7 nitrogen and oxygen atoms in total. The second kappa shape index (κ2) is 8.02. The minimum atomic E-state index is 0.500. The number of nitrogen functional groups attached to an aromatic ring is 1. The topological polar surface area (TPSA) is 105 Å². The van der Waals surface area contributed by atoms with Crippen LogP contribution in [0.4, 0.5) is 11.8 Å². The van der Waals surface area contributed by atoms with Gasteiger partial charge in [0.05, 0.1) is 7.11 Å². The lowest BCUT2D eigenvalue weighted by molar-refractivity contribution is 0.419. The van der Waals surface area contributed by atoms with Gasteiger partial charge in [0.2, 0.25) is 5.95 Å². The quantitative estimate of drug-likeness (QED) is 0.319. The molecule has 0 radical (unpaired) electrons. The molecule has 0 spiro atoms. The van der Waals surface area contributed by atoms with Crippen LogP contribution in [-0.2, 0) is 12.8 Å². The Labute approximate surface area is 179 Å². The number of nitrogens with two attached hydrogens (primary N) is 1. The number of aromatic nitrogens is 4. The molecule has 156 valence electrons. The molecule has 0 unspecified atom stereocenters. The van der Waals surface area contributed by atoms with Crippen LogP contribution in [0.25, 0.3) is 21.8 Å². The highest BCUT2D eigenvalue weighted by Gasteiger charge is 2.10. The highest BCUT2D eigenvalue weighted by Crippen LogP contribution is 2.28. The average molecular weight is 412 g/mol. The number of ether oxygens (including phenoxy) is 1. The first-order valence-electron chi connectivity index (χ1n) is 10.3. The lowest BCUT2D eigenvalue weighted by Gasteiger charge is -2.09. The molecule has 5 N–H and O–H groups in total. The summed E-state index contributed by atoms with van der Waals surface area (Å²) in [5.74, 6) is 1.91. The molecule has 0 aliphatic heterocycles. The summed E-state index contributed by atoms with van der Waals surface area (Å²) in [6.07, 6.45) is 7.28. The summed E-state index contributed by atoms with van der Waals surface area (Å²) in [5.41, 5.74) is 11.7. The molecule has 5 aromatic rings. The van der Waals surface area contributed by atoms with Crippen LogP contribution in [-0.4, -0.2) is 33.6 Å². The predicted molar refractivity (Wildman–Crippen MR) is 125 cm³/mol. The van der Waals surface area contributed by atoms with Crippen LogP contribution in [0, 0.1) is 0 Å². The van der Waals surface area contributed by atoms with E-state index in [9.17, 15) is 0 Å². The van der Waals surface area contributed by atoms with Gasteiger partial charge < -0.3 is 25.8 Å². The van der Waals surface area contributed by atoms with Crippen molar-refractivity contribution in [3.05, 3.63) is 77.7 Å². The Morgan fingerprint density at radius 3 is 2.87 bits per heavy atom. The Morgan fingerprint density at radius 1 is 1.06 bits per heavy atom. The number of rotatable bonds is 7. The Morgan fingerprint density at radius 2 is 2.00 bits per heavy atom. The lowest BCUT2D eigenvalue weighted by Crippen LogP contribution is -2.10. The van der Waals surface area contributed by atoms with Crippen LogP contribution in [0.2, 0.25) is 0 Å². The number of fused-ring (bicyclic) bond motifs is 2. The van der Waals surface area contributed by atoms with Crippen molar-refractivity contribution >= 4 is 33.6 Å². The molecule has 3 heterocycles. The zero-order chi connectivity index (χ0) is 21.2. The second-order valence-electron chi connectivity index (χ2n) is 7.55. The van der Waals surface area contributed by atoms with Crippen LogP contribution in [0.1, 0.15) is 16.7 Å². The van der Waals surface area contributed by atoms with Gasteiger partial charge in [0.25, 0.3) is 0 Å². The summed E-state index contributed by atoms with van der Waals surface area (Å²) in [5, 5.41) is 5.57. The minimum absolute atomic E-state index is 0.500. The monoisotopic (exact) mass is 412 g/mol. The van der Waals surface area contributed by atoms with Gasteiger partial charge >= 0.3 is 0 Å². The molecule has 0 fully saturated rings. The van der Waals surface area contributed by atoms with Crippen molar-refractivity contribution in [1.82, 2.24) is 19.9 Å². The summed E-state index contributed by atoms with van der Waals surface area (Å²) in [6, 6.07) is 14.4. The zero-order valence-electron chi connectivity index (χ0n) is 17.3. The van der Waals surface area contributed by atoms with Gasteiger partial charge in [-0.3, -0.25) is 0 Å². The molecule has 0 aliphatic rings. The van der Waals surface area contributed by atoms with Crippen molar-refractivity contribution in [2.75, 3.05) is 24.7 Å². The van der Waals surface area contributed by atoms with Crippen LogP contribution >= 0.6 is 0 Å². The second-order valence-corrected chi connectivity index (χ2v) is 7.55. The number of hydrogen-bond acceptors (Lipinski definition) is 5. The van der Waals surface area contributed by atoms with E-state index in [2.05, 4.69) is 49.5 Å². The van der Waals surface area contributed by atoms with Gasteiger partial charge in [-0.1, -0.05) is 12.1 Å². The van der Waals surface area contributed by atoms with Crippen molar-refractivity contribution in [3.63, 3.8) is 0 Å². The molecular weight excluding hydrogens is 388 g/mol. The first-order chi connectivity index (χ1) is 15.2.